The van der Waals surface area contributed by atoms with Gasteiger partial charge in [-0.3, -0.25) is 9.78 Å². The first-order chi connectivity index (χ1) is 9.20. The molecule has 1 aliphatic rings. The number of nitrogens with zero attached hydrogens (tertiary/aromatic N) is 3. The Bertz CT molecular complexity index is 593. The number of rotatable bonds is 4. The van der Waals surface area contributed by atoms with E-state index in [9.17, 15) is 0 Å². The van der Waals surface area contributed by atoms with E-state index in [1.54, 1.807) is 0 Å². The normalized spacial score (nSPS) is 13.8. The molecule has 2 heterocycles. The highest BCUT2D eigenvalue weighted by Crippen LogP contribution is 2.25. The summed E-state index contributed by atoms with van der Waals surface area (Å²) in [5, 5.41) is 15.4. The molecule has 0 saturated carbocycles. The molecule has 2 N–H and O–H groups in total. The van der Waals surface area contributed by atoms with Crippen LogP contribution in [-0.2, 0) is 32.9 Å². The Labute approximate surface area is 113 Å². The summed E-state index contributed by atoms with van der Waals surface area (Å²) in [6.07, 6.45) is 4.53. The van der Waals surface area contributed by atoms with Gasteiger partial charge in [0.15, 0.2) is 5.82 Å². The molecular weight excluding hydrogens is 238 g/mol. The number of aryl methyl sites for hydroxylation is 3. The number of aromatic amines is 1. The summed E-state index contributed by atoms with van der Waals surface area (Å²) in [6, 6.07) is 0. The Balaban J connectivity index is 1.79. The lowest BCUT2D eigenvalue weighted by molar-refractivity contribution is 0.687. The van der Waals surface area contributed by atoms with Crippen molar-refractivity contribution in [2.45, 2.75) is 46.1 Å². The Morgan fingerprint density at radius 2 is 2.21 bits per heavy atom. The average molecular weight is 259 g/mol. The molecule has 0 atom stereocenters. The van der Waals surface area contributed by atoms with E-state index in [1.165, 1.54) is 35.4 Å². The fraction of sp³-hybridized carbons (Fsp3) is 0.571. The van der Waals surface area contributed by atoms with Gasteiger partial charge in [-0.2, -0.15) is 10.2 Å². The van der Waals surface area contributed by atoms with E-state index in [0.29, 0.717) is 0 Å². The van der Waals surface area contributed by atoms with Crippen molar-refractivity contribution in [1.82, 2.24) is 20.0 Å². The summed E-state index contributed by atoms with van der Waals surface area (Å²) in [7, 11) is 2.03. The molecule has 0 spiro atoms. The molecule has 5 nitrogen and oxygen atoms in total. The monoisotopic (exact) mass is 259 g/mol. The SMILES string of the molecule is CCc1c(NCc2c3c(nn2C)CCC3)n[nH]c1C. The fourth-order valence-electron chi connectivity index (χ4n) is 3.01. The van der Waals surface area contributed by atoms with Crippen molar-refractivity contribution < 1.29 is 0 Å². The first-order valence-corrected chi connectivity index (χ1v) is 7.02. The van der Waals surface area contributed by atoms with E-state index in [-0.39, 0.29) is 0 Å². The molecule has 2 aromatic heterocycles. The van der Waals surface area contributed by atoms with Crippen molar-refractivity contribution in [3.8, 4) is 0 Å². The zero-order chi connectivity index (χ0) is 13.4. The minimum atomic E-state index is 0.802. The van der Waals surface area contributed by atoms with Crippen LogP contribution in [-0.4, -0.2) is 20.0 Å². The predicted molar refractivity (Wildman–Crippen MR) is 75.3 cm³/mol. The highest BCUT2D eigenvalue weighted by atomic mass is 15.3. The van der Waals surface area contributed by atoms with Gasteiger partial charge in [0, 0.05) is 18.3 Å². The van der Waals surface area contributed by atoms with Gasteiger partial charge in [0.25, 0.3) is 0 Å². The van der Waals surface area contributed by atoms with Crippen molar-refractivity contribution in [3.05, 3.63) is 28.2 Å². The van der Waals surface area contributed by atoms with Gasteiger partial charge in [-0.15, -0.1) is 0 Å². The Morgan fingerprint density at radius 3 is 3.00 bits per heavy atom. The Kier molecular flexibility index (Phi) is 3.05. The van der Waals surface area contributed by atoms with Crippen molar-refractivity contribution in [2.24, 2.45) is 7.05 Å². The summed E-state index contributed by atoms with van der Waals surface area (Å²) >= 11 is 0. The van der Waals surface area contributed by atoms with E-state index in [0.717, 1.165) is 30.9 Å². The summed E-state index contributed by atoms with van der Waals surface area (Å²) in [5.74, 6) is 0.980. The standard InChI is InChI=1S/C14H21N5/c1-4-10-9(2)16-17-14(10)15-8-13-11-6-5-7-12(11)18-19(13)3/h4-8H2,1-3H3,(H2,15,16,17). The third-order valence-electron chi connectivity index (χ3n) is 4.05. The molecule has 0 fully saturated rings. The van der Waals surface area contributed by atoms with Crippen molar-refractivity contribution in [3.63, 3.8) is 0 Å². The second kappa shape index (κ2) is 4.72. The average Bonchev–Trinajstić information content (AvgIpc) is 3.03. The van der Waals surface area contributed by atoms with Crippen LogP contribution in [0.1, 0.15) is 41.6 Å². The Morgan fingerprint density at radius 1 is 1.37 bits per heavy atom. The number of hydrogen-bond acceptors (Lipinski definition) is 3. The zero-order valence-corrected chi connectivity index (χ0v) is 11.9. The third-order valence-corrected chi connectivity index (χ3v) is 4.05. The maximum Gasteiger partial charge on any atom is 0.151 e. The first kappa shape index (κ1) is 12.3. The maximum atomic E-state index is 4.60. The number of anilines is 1. The molecule has 0 unspecified atom stereocenters. The van der Waals surface area contributed by atoms with Crippen LogP contribution >= 0.6 is 0 Å². The minimum absolute atomic E-state index is 0.802. The number of fused-ring (bicyclic) bond motifs is 1. The van der Waals surface area contributed by atoms with Crippen LogP contribution in [0.15, 0.2) is 0 Å². The van der Waals surface area contributed by atoms with Gasteiger partial charge in [-0.25, -0.2) is 0 Å². The molecular formula is C14H21N5. The fourth-order valence-corrected chi connectivity index (χ4v) is 3.01. The number of H-pyrrole nitrogens is 1. The van der Waals surface area contributed by atoms with Gasteiger partial charge in [0.2, 0.25) is 0 Å². The summed E-state index contributed by atoms with van der Waals surface area (Å²) < 4.78 is 2.02. The van der Waals surface area contributed by atoms with Crippen LogP contribution in [0.3, 0.4) is 0 Å². The number of aromatic nitrogens is 4. The van der Waals surface area contributed by atoms with Crippen LogP contribution < -0.4 is 5.32 Å². The van der Waals surface area contributed by atoms with Crippen LogP contribution in [0.4, 0.5) is 5.82 Å². The Hall–Kier alpha value is -1.78. The van der Waals surface area contributed by atoms with Gasteiger partial charge in [0.1, 0.15) is 0 Å². The lowest BCUT2D eigenvalue weighted by Crippen LogP contribution is -2.09. The van der Waals surface area contributed by atoms with E-state index in [2.05, 4.69) is 34.5 Å². The van der Waals surface area contributed by atoms with Crippen molar-refractivity contribution >= 4 is 5.82 Å². The van der Waals surface area contributed by atoms with Crippen LogP contribution in [0.2, 0.25) is 0 Å². The van der Waals surface area contributed by atoms with Crippen LogP contribution in [0.25, 0.3) is 0 Å². The lowest BCUT2D eigenvalue weighted by atomic mass is 10.1. The molecule has 0 bridgehead atoms. The highest BCUT2D eigenvalue weighted by Gasteiger charge is 2.20. The smallest absolute Gasteiger partial charge is 0.151 e. The van der Waals surface area contributed by atoms with Gasteiger partial charge in [-0.1, -0.05) is 6.92 Å². The molecule has 0 aliphatic heterocycles. The van der Waals surface area contributed by atoms with Crippen molar-refractivity contribution in [2.75, 3.05) is 5.32 Å². The summed E-state index contributed by atoms with van der Waals surface area (Å²) in [4.78, 5) is 0. The molecule has 0 saturated heterocycles. The minimum Gasteiger partial charge on any atom is -0.363 e. The predicted octanol–water partition coefficient (Wildman–Crippen LogP) is 2.11. The molecule has 2 aromatic rings. The first-order valence-electron chi connectivity index (χ1n) is 7.02. The molecule has 3 rings (SSSR count). The largest absolute Gasteiger partial charge is 0.363 e. The molecule has 19 heavy (non-hydrogen) atoms. The molecule has 0 aromatic carbocycles. The molecule has 0 amide bonds. The number of hydrogen-bond donors (Lipinski definition) is 2. The number of nitrogens with one attached hydrogen (secondary N) is 2. The van der Waals surface area contributed by atoms with Gasteiger partial charge in [0.05, 0.1) is 17.9 Å². The topological polar surface area (TPSA) is 58.5 Å². The lowest BCUT2D eigenvalue weighted by Gasteiger charge is -2.08. The van der Waals surface area contributed by atoms with Gasteiger partial charge in [-0.05, 0) is 38.2 Å². The molecule has 102 valence electrons. The van der Waals surface area contributed by atoms with E-state index < -0.39 is 0 Å². The van der Waals surface area contributed by atoms with E-state index in [4.69, 9.17) is 0 Å². The van der Waals surface area contributed by atoms with E-state index >= 15 is 0 Å². The van der Waals surface area contributed by atoms with E-state index in [1.807, 2.05) is 11.7 Å². The maximum absolute atomic E-state index is 4.60. The molecule has 0 radical (unpaired) electrons. The van der Waals surface area contributed by atoms with Crippen LogP contribution in [0, 0.1) is 6.92 Å². The summed E-state index contributed by atoms with van der Waals surface area (Å²) in [5.41, 5.74) is 6.46. The molecule has 5 heteroatoms. The zero-order valence-electron chi connectivity index (χ0n) is 11.9. The highest BCUT2D eigenvalue weighted by molar-refractivity contribution is 5.47. The third kappa shape index (κ3) is 2.03. The second-order valence-corrected chi connectivity index (χ2v) is 5.23. The second-order valence-electron chi connectivity index (χ2n) is 5.23. The van der Waals surface area contributed by atoms with Crippen LogP contribution in [0.5, 0.6) is 0 Å². The van der Waals surface area contributed by atoms with Gasteiger partial charge >= 0.3 is 0 Å². The molecule has 1 aliphatic carbocycles. The van der Waals surface area contributed by atoms with Crippen molar-refractivity contribution in [1.29, 1.82) is 0 Å². The quantitative estimate of drug-likeness (QED) is 0.884. The van der Waals surface area contributed by atoms with Gasteiger partial charge < -0.3 is 5.32 Å². The summed E-state index contributed by atoms with van der Waals surface area (Å²) in [6.45, 7) is 5.03.